The lowest BCUT2D eigenvalue weighted by Crippen LogP contribution is -2.09. The lowest BCUT2D eigenvalue weighted by atomic mass is 10.3. The second kappa shape index (κ2) is 5.05. The van der Waals surface area contributed by atoms with Crippen LogP contribution >= 0.6 is 11.6 Å². The van der Waals surface area contributed by atoms with E-state index in [1.54, 1.807) is 0 Å². The van der Waals surface area contributed by atoms with Gasteiger partial charge in [0.05, 0.1) is 12.2 Å². The quantitative estimate of drug-likeness (QED) is 0.728. The highest BCUT2D eigenvalue weighted by Gasteiger charge is 2.08. The van der Waals surface area contributed by atoms with Crippen molar-refractivity contribution >= 4 is 29.1 Å². The molecule has 2 heterocycles. The molecule has 0 aromatic carbocycles. The zero-order chi connectivity index (χ0) is 13.1. The van der Waals surface area contributed by atoms with Crippen LogP contribution < -0.4 is 16.8 Å². The van der Waals surface area contributed by atoms with Crippen LogP contribution in [0.25, 0.3) is 0 Å². The van der Waals surface area contributed by atoms with Gasteiger partial charge in [-0.2, -0.15) is 9.97 Å². The van der Waals surface area contributed by atoms with E-state index in [9.17, 15) is 0 Å². The van der Waals surface area contributed by atoms with Gasteiger partial charge in [0.2, 0.25) is 5.95 Å². The SMILES string of the molecule is Cc1cccc(CNc2nc(N)nc(Cl)c2N)n1. The van der Waals surface area contributed by atoms with Gasteiger partial charge in [-0.1, -0.05) is 17.7 Å². The highest BCUT2D eigenvalue weighted by atomic mass is 35.5. The second-order valence-corrected chi connectivity index (χ2v) is 4.12. The molecule has 0 spiro atoms. The van der Waals surface area contributed by atoms with Crippen molar-refractivity contribution < 1.29 is 0 Å². The summed E-state index contributed by atoms with van der Waals surface area (Å²) in [6.45, 7) is 2.41. The fraction of sp³-hybridized carbons (Fsp3) is 0.182. The lowest BCUT2D eigenvalue weighted by Gasteiger charge is -2.09. The maximum Gasteiger partial charge on any atom is 0.223 e. The van der Waals surface area contributed by atoms with Crippen LogP contribution in [0.3, 0.4) is 0 Å². The van der Waals surface area contributed by atoms with Gasteiger partial charge in [-0.05, 0) is 19.1 Å². The molecule has 0 aliphatic carbocycles. The van der Waals surface area contributed by atoms with E-state index in [1.165, 1.54) is 0 Å². The van der Waals surface area contributed by atoms with Crippen LogP contribution in [0.4, 0.5) is 17.5 Å². The number of hydrogen-bond acceptors (Lipinski definition) is 6. The Morgan fingerprint density at radius 1 is 1.22 bits per heavy atom. The van der Waals surface area contributed by atoms with E-state index in [0.29, 0.717) is 12.4 Å². The second-order valence-electron chi connectivity index (χ2n) is 3.76. The van der Waals surface area contributed by atoms with Crippen LogP contribution in [0.5, 0.6) is 0 Å². The van der Waals surface area contributed by atoms with Crippen molar-refractivity contribution in [3.8, 4) is 0 Å². The van der Waals surface area contributed by atoms with Gasteiger partial charge < -0.3 is 16.8 Å². The number of nitrogens with one attached hydrogen (secondary N) is 1. The van der Waals surface area contributed by atoms with E-state index in [1.807, 2.05) is 25.1 Å². The molecule has 0 saturated heterocycles. The average molecular weight is 265 g/mol. The van der Waals surface area contributed by atoms with Gasteiger partial charge in [0.25, 0.3) is 0 Å². The molecule has 0 fully saturated rings. The van der Waals surface area contributed by atoms with E-state index in [0.717, 1.165) is 11.4 Å². The Balaban J connectivity index is 2.15. The van der Waals surface area contributed by atoms with E-state index in [4.69, 9.17) is 23.1 Å². The summed E-state index contributed by atoms with van der Waals surface area (Å²) in [6.07, 6.45) is 0. The third-order valence-corrected chi connectivity index (χ3v) is 2.59. The van der Waals surface area contributed by atoms with Crippen molar-refractivity contribution in [3.05, 3.63) is 34.7 Å². The predicted octanol–water partition coefficient (Wildman–Crippen LogP) is 1.61. The summed E-state index contributed by atoms with van der Waals surface area (Å²) in [4.78, 5) is 12.1. The molecule has 7 heteroatoms. The van der Waals surface area contributed by atoms with Crippen molar-refractivity contribution in [2.24, 2.45) is 0 Å². The van der Waals surface area contributed by atoms with Gasteiger partial charge >= 0.3 is 0 Å². The molecule has 0 amide bonds. The Morgan fingerprint density at radius 2 is 2.00 bits per heavy atom. The molecule has 2 aromatic rings. The molecule has 0 unspecified atom stereocenters. The predicted molar refractivity (Wildman–Crippen MR) is 72.2 cm³/mol. The van der Waals surface area contributed by atoms with E-state index < -0.39 is 0 Å². The molecule has 5 N–H and O–H groups in total. The standard InChI is InChI=1S/C11H13ClN6/c1-6-3-2-4-7(16-6)5-15-10-8(13)9(12)17-11(14)18-10/h2-4H,5,13H2,1H3,(H3,14,15,17,18). The first-order valence-electron chi connectivity index (χ1n) is 5.31. The number of nitrogens with two attached hydrogens (primary N) is 2. The first kappa shape index (κ1) is 12.4. The molecule has 2 aromatic heterocycles. The van der Waals surface area contributed by atoms with Gasteiger partial charge in [-0.25, -0.2) is 0 Å². The lowest BCUT2D eigenvalue weighted by molar-refractivity contribution is 1.00. The fourth-order valence-corrected chi connectivity index (χ4v) is 1.64. The van der Waals surface area contributed by atoms with Crippen LogP contribution in [-0.4, -0.2) is 15.0 Å². The van der Waals surface area contributed by atoms with Crippen LogP contribution in [0.1, 0.15) is 11.4 Å². The van der Waals surface area contributed by atoms with E-state index in [2.05, 4.69) is 20.3 Å². The van der Waals surface area contributed by atoms with Crippen molar-refractivity contribution in [2.45, 2.75) is 13.5 Å². The third-order valence-electron chi connectivity index (χ3n) is 2.30. The van der Waals surface area contributed by atoms with Crippen LogP contribution in [0.2, 0.25) is 5.15 Å². The number of aryl methyl sites for hydroxylation is 1. The summed E-state index contributed by atoms with van der Waals surface area (Å²) in [5.41, 5.74) is 13.4. The first-order chi connectivity index (χ1) is 8.56. The van der Waals surface area contributed by atoms with E-state index >= 15 is 0 Å². The average Bonchev–Trinajstić information content (AvgIpc) is 2.32. The maximum absolute atomic E-state index is 5.81. The van der Waals surface area contributed by atoms with Crippen molar-refractivity contribution in [2.75, 3.05) is 16.8 Å². The van der Waals surface area contributed by atoms with Gasteiger partial charge in [-0.3, -0.25) is 4.98 Å². The van der Waals surface area contributed by atoms with Gasteiger partial charge in [0.15, 0.2) is 11.0 Å². The summed E-state index contributed by atoms with van der Waals surface area (Å²) in [5.74, 6) is 0.490. The number of halogens is 1. The normalized spacial score (nSPS) is 10.3. The molecule has 6 nitrogen and oxygen atoms in total. The summed E-state index contributed by atoms with van der Waals surface area (Å²) < 4.78 is 0. The van der Waals surface area contributed by atoms with Crippen molar-refractivity contribution in [1.82, 2.24) is 15.0 Å². The Morgan fingerprint density at radius 3 is 2.72 bits per heavy atom. The molecule has 0 aliphatic rings. The monoisotopic (exact) mass is 264 g/mol. The maximum atomic E-state index is 5.81. The minimum Gasteiger partial charge on any atom is -0.393 e. The number of rotatable bonds is 3. The Labute approximate surface area is 109 Å². The summed E-state index contributed by atoms with van der Waals surface area (Å²) in [6, 6.07) is 5.77. The molecule has 94 valence electrons. The molecule has 0 aliphatic heterocycles. The number of nitrogen functional groups attached to an aromatic ring is 2. The number of anilines is 3. The fourth-order valence-electron chi connectivity index (χ4n) is 1.47. The van der Waals surface area contributed by atoms with E-state index in [-0.39, 0.29) is 16.8 Å². The highest BCUT2D eigenvalue weighted by molar-refractivity contribution is 6.32. The molecule has 0 saturated carbocycles. The highest BCUT2D eigenvalue weighted by Crippen LogP contribution is 2.24. The number of aromatic nitrogens is 3. The summed E-state index contributed by atoms with van der Waals surface area (Å²) in [7, 11) is 0. The summed E-state index contributed by atoms with van der Waals surface area (Å²) in [5, 5.41) is 3.18. The molecule has 0 atom stereocenters. The third kappa shape index (κ3) is 2.78. The smallest absolute Gasteiger partial charge is 0.223 e. The Bertz CT molecular complexity index is 571. The van der Waals surface area contributed by atoms with Crippen LogP contribution in [0, 0.1) is 6.92 Å². The number of pyridine rings is 1. The van der Waals surface area contributed by atoms with Gasteiger partial charge in [-0.15, -0.1) is 0 Å². The first-order valence-corrected chi connectivity index (χ1v) is 5.69. The van der Waals surface area contributed by atoms with Crippen molar-refractivity contribution in [1.29, 1.82) is 0 Å². The minimum absolute atomic E-state index is 0.0777. The molecule has 2 rings (SSSR count). The topological polar surface area (TPSA) is 103 Å². The number of nitrogens with zero attached hydrogens (tertiary/aromatic N) is 3. The Hall–Kier alpha value is -2.08. The van der Waals surface area contributed by atoms with Gasteiger partial charge in [0.1, 0.15) is 5.69 Å². The van der Waals surface area contributed by atoms with Crippen LogP contribution in [0.15, 0.2) is 18.2 Å². The Kier molecular flexibility index (Phi) is 3.47. The zero-order valence-electron chi connectivity index (χ0n) is 9.81. The van der Waals surface area contributed by atoms with Crippen molar-refractivity contribution in [3.63, 3.8) is 0 Å². The minimum atomic E-state index is 0.0777. The zero-order valence-corrected chi connectivity index (χ0v) is 10.6. The largest absolute Gasteiger partial charge is 0.393 e. The molecule has 0 radical (unpaired) electrons. The number of hydrogen-bond donors (Lipinski definition) is 3. The van der Waals surface area contributed by atoms with Gasteiger partial charge in [0, 0.05) is 5.69 Å². The molecule has 0 bridgehead atoms. The molecular weight excluding hydrogens is 252 g/mol. The molecular formula is C11H13ClN6. The van der Waals surface area contributed by atoms with Crippen LogP contribution in [-0.2, 0) is 6.54 Å². The summed E-state index contributed by atoms with van der Waals surface area (Å²) >= 11 is 5.81. The molecule has 18 heavy (non-hydrogen) atoms.